The zero-order valence-corrected chi connectivity index (χ0v) is 22.3. The van der Waals surface area contributed by atoms with Gasteiger partial charge in [-0.25, -0.2) is 12.8 Å². The maximum atomic E-state index is 13.3. The Kier molecular flexibility index (Phi) is 7.83. The van der Waals surface area contributed by atoms with Crippen molar-refractivity contribution < 1.29 is 22.3 Å². The monoisotopic (exact) mass is 532 g/mol. The van der Waals surface area contributed by atoms with Crippen LogP contribution < -0.4 is 9.46 Å². The number of sulfonamides is 1. The van der Waals surface area contributed by atoms with Crippen LogP contribution in [0, 0.1) is 5.82 Å². The third kappa shape index (κ3) is 6.77. The zero-order chi connectivity index (χ0) is 27.4. The van der Waals surface area contributed by atoms with Gasteiger partial charge in [0.1, 0.15) is 17.3 Å². The maximum absolute atomic E-state index is 13.3. The normalized spacial score (nSPS) is 14.6. The van der Waals surface area contributed by atoms with Crippen molar-refractivity contribution in [3.8, 4) is 11.5 Å². The minimum Gasteiger partial charge on any atom is -0.457 e. The number of hydrogen-bond acceptors (Lipinski definition) is 4. The highest BCUT2D eigenvalue weighted by Crippen LogP contribution is 2.31. The smallest absolute Gasteiger partial charge is 0.254 e. The number of hydrogen-bond donors (Lipinski definition) is 1. The van der Waals surface area contributed by atoms with Gasteiger partial charge in [0.05, 0.1) is 6.26 Å². The molecular formula is C30H29FN2O4S. The molecule has 1 N–H and O–H groups in total. The van der Waals surface area contributed by atoms with E-state index in [1.165, 1.54) is 12.1 Å². The molecule has 0 spiro atoms. The first-order valence-electron chi connectivity index (χ1n) is 12.0. The fourth-order valence-corrected chi connectivity index (χ4v) is 4.80. The molecule has 38 heavy (non-hydrogen) atoms. The molecule has 0 aliphatic carbocycles. The second kappa shape index (κ2) is 11.1. The SMILES string of the molecule is C=C(/C=C1/CN(Cc2ccc(Oc3ccc(F)cc3)cc2)C(=O)C1=C(C)C)c1cccc(NS(C)(=O)=O)c1. The molecule has 1 saturated heterocycles. The number of benzene rings is 3. The van der Waals surface area contributed by atoms with Crippen molar-refractivity contribution in [2.75, 3.05) is 17.5 Å². The molecule has 196 valence electrons. The van der Waals surface area contributed by atoms with Gasteiger partial charge in [-0.1, -0.05) is 36.4 Å². The molecule has 0 atom stereocenters. The summed E-state index contributed by atoms with van der Waals surface area (Å²) < 4.78 is 44.5. The number of likely N-dealkylation sites (tertiary alicyclic amines) is 1. The molecule has 1 aliphatic heterocycles. The summed E-state index contributed by atoms with van der Waals surface area (Å²) in [4.78, 5) is 15.1. The van der Waals surface area contributed by atoms with E-state index in [0.717, 1.165) is 28.5 Å². The number of halogens is 1. The highest BCUT2D eigenvalue weighted by atomic mass is 32.2. The number of anilines is 1. The van der Waals surface area contributed by atoms with Gasteiger partial charge in [-0.3, -0.25) is 9.52 Å². The number of carbonyl (C=O) groups excluding carboxylic acids is 1. The van der Waals surface area contributed by atoms with Crippen LogP contribution in [0.1, 0.15) is 25.0 Å². The third-order valence-electron chi connectivity index (χ3n) is 5.91. The van der Waals surface area contributed by atoms with Gasteiger partial charge in [-0.2, -0.15) is 0 Å². The van der Waals surface area contributed by atoms with Crippen LogP contribution in [-0.4, -0.2) is 32.0 Å². The van der Waals surface area contributed by atoms with Crippen molar-refractivity contribution >= 4 is 27.2 Å². The molecule has 3 aromatic carbocycles. The predicted molar refractivity (Wildman–Crippen MR) is 149 cm³/mol. The molecule has 0 aromatic heterocycles. The first kappa shape index (κ1) is 26.9. The Labute approximate surface area is 222 Å². The summed E-state index contributed by atoms with van der Waals surface area (Å²) in [7, 11) is -3.40. The zero-order valence-electron chi connectivity index (χ0n) is 21.5. The molecule has 1 amide bonds. The molecule has 8 heteroatoms. The molecule has 1 fully saturated rings. The van der Waals surface area contributed by atoms with E-state index in [1.54, 1.807) is 35.2 Å². The van der Waals surface area contributed by atoms with Crippen LogP contribution in [0.2, 0.25) is 0 Å². The molecular weight excluding hydrogens is 503 g/mol. The summed E-state index contributed by atoms with van der Waals surface area (Å²) in [5.41, 5.74) is 5.24. The lowest BCUT2D eigenvalue weighted by atomic mass is 9.99. The second-order valence-electron chi connectivity index (χ2n) is 9.39. The molecule has 3 aromatic rings. The summed E-state index contributed by atoms with van der Waals surface area (Å²) in [6.45, 7) is 8.82. The summed E-state index contributed by atoms with van der Waals surface area (Å²) in [6, 6.07) is 20.2. The van der Waals surface area contributed by atoms with Crippen LogP contribution in [-0.2, 0) is 21.4 Å². The fourth-order valence-electron chi connectivity index (χ4n) is 4.24. The lowest BCUT2D eigenvalue weighted by Crippen LogP contribution is -2.24. The molecule has 6 nitrogen and oxygen atoms in total. The summed E-state index contributed by atoms with van der Waals surface area (Å²) in [5, 5.41) is 0. The lowest BCUT2D eigenvalue weighted by molar-refractivity contribution is -0.125. The van der Waals surface area contributed by atoms with Crippen LogP contribution in [0.25, 0.3) is 5.57 Å². The third-order valence-corrected chi connectivity index (χ3v) is 6.52. The Morgan fingerprint density at radius 2 is 1.68 bits per heavy atom. The van der Waals surface area contributed by atoms with Gasteiger partial charge < -0.3 is 9.64 Å². The average molecular weight is 533 g/mol. The topological polar surface area (TPSA) is 75.7 Å². The van der Waals surface area contributed by atoms with E-state index in [2.05, 4.69) is 11.3 Å². The predicted octanol–water partition coefficient (Wildman–Crippen LogP) is 6.31. The van der Waals surface area contributed by atoms with Gasteiger partial charge in [-0.05, 0) is 90.7 Å². The first-order valence-corrected chi connectivity index (χ1v) is 13.8. The quantitative estimate of drug-likeness (QED) is 0.345. The van der Waals surface area contributed by atoms with Gasteiger partial charge in [0.2, 0.25) is 10.0 Å². The number of amides is 1. The Balaban J connectivity index is 1.49. The lowest BCUT2D eigenvalue weighted by Gasteiger charge is -2.15. The van der Waals surface area contributed by atoms with Crippen LogP contribution in [0.5, 0.6) is 11.5 Å². The van der Waals surface area contributed by atoms with Crippen LogP contribution in [0.15, 0.2) is 102 Å². The summed E-state index contributed by atoms with van der Waals surface area (Å²) >= 11 is 0. The van der Waals surface area contributed by atoms with E-state index in [-0.39, 0.29) is 11.7 Å². The van der Waals surface area contributed by atoms with E-state index in [0.29, 0.717) is 41.4 Å². The molecule has 0 saturated carbocycles. The average Bonchev–Trinajstić information content (AvgIpc) is 3.15. The maximum Gasteiger partial charge on any atom is 0.254 e. The molecule has 0 radical (unpaired) electrons. The largest absolute Gasteiger partial charge is 0.457 e. The number of carbonyl (C=O) groups is 1. The van der Waals surface area contributed by atoms with Crippen molar-refractivity contribution in [1.82, 2.24) is 4.90 Å². The molecule has 1 heterocycles. The van der Waals surface area contributed by atoms with E-state index in [1.807, 2.05) is 50.3 Å². The van der Waals surface area contributed by atoms with E-state index in [9.17, 15) is 17.6 Å². The molecule has 4 rings (SSSR count). The minimum absolute atomic E-state index is 0.0526. The Morgan fingerprint density at radius 3 is 2.29 bits per heavy atom. The van der Waals surface area contributed by atoms with Gasteiger partial charge in [0.25, 0.3) is 5.91 Å². The van der Waals surface area contributed by atoms with Gasteiger partial charge in [0, 0.05) is 24.4 Å². The molecule has 0 bridgehead atoms. The van der Waals surface area contributed by atoms with Crippen molar-refractivity contribution in [2.45, 2.75) is 20.4 Å². The number of ether oxygens (including phenoxy) is 1. The number of nitrogens with one attached hydrogen (secondary N) is 1. The minimum atomic E-state index is -3.40. The molecule has 0 unspecified atom stereocenters. The van der Waals surface area contributed by atoms with Crippen LogP contribution in [0.3, 0.4) is 0 Å². The van der Waals surface area contributed by atoms with E-state index < -0.39 is 10.0 Å². The number of allylic oxidation sites excluding steroid dienone is 3. The highest BCUT2D eigenvalue weighted by Gasteiger charge is 2.31. The highest BCUT2D eigenvalue weighted by molar-refractivity contribution is 7.92. The standard InChI is InChI=1S/C30H29FN2O4S/c1-20(2)29-24(16-21(3)23-6-5-7-26(17-23)32-38(4,35)36)19-33(30(29)34)18-22-8-12-27(13-9-22)37-28-14-10-25(31)11-15-28/h5-17,32H,3,18-19H2,1-2,4H3/b24-16-. The second-order valence-corrected chi connectivity index (χ2v) is 11.1. The Morgan fingerprint density at radius 1 is 1.05 bits per heavy atom. The van der Waals surface area contributed by atoms with Crippen molar-refractivity contribution in [1.29, 1.82) is 0 Å². The van der Waals surface area contributed by atoms with E-state index in [4.69, 9.17) is 4.74 Å². The van der Waals surface area contributed by atoms with Crippen LogP contribution in [0.4, 0.5) is 10.1 Å². The molecule has 1 aliphatic rings. The Bertz CT molecular complexity index is 1540. The fraction of sp³-hybridized carbons (Fsp3) is 0.167. The van der Waals surface area contributed by atoms with Crippen molar-refractivity contribution in [3.05, 3.63) is 119 Å². The number of nitrogens with zero attached hydrogens (tertiary/aromatic N) is 1. The summed E-state index contributed by atoms with van der Waals surface area (Å²) in [6.07, 6.45) is 2.99. The number of rotatable bonds is 8. The van der Waals surface area contributed by atoms with Gasteiger partial charge in [0.15, 0.2) is 0 Å². The van der Waals surface area contributed by atoms with Gasteiger partial charge in [-0.15, -0.1) is 0 Å². The summed E-state index contributed by atoms with van der Waals surface area (Å²) in [5.74, 6) is 0.772. The van der Waals surface area contributed by atoms with Crippen LogP contribution >= 0.6 is 0 Å². The van der Waals surface area contributed by atoms with Crippen molar-refractivity contribution in [2.24, 2.45) is 0 Å². The van der Waals surface area contributed by atoms with Gasteiger partial charge >= 0.3 is 0 Å². The van der Waals surface area contributed by atoms with Crippen molar-refractivity contribution in [3.63, 3.8) is 0 Å². The Hall–Kier alpha value is -4.17. The van der Waals surface area contributed by atoms with E-state index >= 15 is 0 Å². The first-order chi connectivity index (χ1) is 18.0.